The molecule has 1 aromatic rings. The van der Waals surface area contributed by atoms with Gasteiger partial charge in [0.2, 0.25) is 0 Å². The number of hydrogen-bond donors (Lipinski definition) is 1. The highest BCUT2D eigenvalue weighted by Gasteiger charge is 2.08. The van der Waals surface area contributed by atoms with Crippen LogP contribution in [0.1, 0.15) is 25.3 Å². The Kier molecular flexibility index (Phi) is 4.62. The summed E-state index contributed by atoms with van der Waals surface area (Å²) in [5.74, 6) is -1.23. The number of aliphatic hydroxyl groups is 1. The van der Waals surface area contributed by atoms with E-state index in [1.165, 1.54) is 12.1 Å². The number of rotatable bonds is 5. The smallest absolute Gasteiger partial charge is 0.126 e. The summed E-state index contributed by atoms with van der Waals surface area (Å²) in [6, 6.07) is 3.29. The first-order valence-electron chi connectivity index (χ1n) is 5.31. The minimum absolute atomic E-state index is 0.244. The zero-order valence-electron chi connectivity index (χ0n) is 9.34. The van der Waals surface area contributed by atoms with Gasteiger partial charge in [-0.15, -0.1) is 0 Å². The summed E-state index contributed by atoms with van der Waals surface area (Å²) in [5.41, 5.74) is 1.40. The summed E-state index contributed by atoms with van der Waals surface area (Å²) in [5, 5.41) is 9.68. The van der Waals surface area contributed by atoms with E-state index < -0.39 is 17.7 Å². The zero-order valence-corrected chi connectivity index (χ0v) is 9.34. The minimum atomic E-state index is -0.631. The second kappa shape index (κ2) is 5.75. The van der Waals surface area contributed by atoms with Gasteiger partial charge in [0, 0.05) is 6.07 Å². The van der Waals surface area contributed by atoms with Crippen LogP contribution in [0.5, 0.6) is 0 Å². The molecule has 0 aromatic heterocycles. The molecule has 0 saturated carbocycles. The van der Waals surface area contributed by atoms with Gasteiger partial charge in [-0.3, -0.25) is 0 Å². The summed E-state index contributed by atoms with van der Waals surface area (Å²) in [6.45, 7) is 5.74. The van der Waals surface area contributed by atoms with Crippen LogP contribution in [0.4, 0.5) is 8.78 Å². The maximum Gasteiger partial charge on any atom is 0.126 e. The molecule has 0 bridgehead atoms. The Hall–Kier alpha value is -1.22. The van der Waals surface area contributed by atoms with E-state index in [1.807, 2.05) is 6.92 Å². The van der Waals surface area contributed by atoms with Gasteiger partial charge in [-0.1, -0.05) is 19.1 Å². The highest BCUT2D eigenvalue weighted by atomic mass is 19.1. The Labute approximate surface area is 94.4 Å². The topological polar surface area (TPSA) is 20.2 Å². The van der Waals surface area contributed by atoms with Crippen molar-refractivity contribution in [2.75, 3.05) is 0 Å². The second-order valence-corrected chi connectivity index (χ2v) is 3.94. The van der Waals surface area contributed by atoms with E-state index in [1.54, 1.807) is 0 Å². The van der Waals surface area contributed by atoms with Gasteiger partial charge in [-0.05, 0) is 37.0 Å². The lowest BCUT2D eigenvalue weighted by Crippen LogP contribution is -2.11. The molecular weight excluding hydrogens is 210 g/mol. The van der Waals surface area contributed by atoms with Crippen molar-refractivity contribution in [3.8, 4) is 0 Å². The summed E-state index contributed by atoms with van der Waals surface area (Å²) in [7, 11) is 0. The van der Waals surface area contributed by atoms with E-state index in [9.17, 15) is 13.9 Å². The lowest BCUT2D eigenvalue weighted by molar-refractivity contribution is 0.174. The Bertz CT molecular complexity index is 354. The van der Waals surface area contributed by atoms with E-state index in [-0.39, 0.29) is 6.42 Å². The van der Waals surface area contributed by atoms with Crippen LogP contribution < -0.4 is 0 Å². The molecule has 1 rings (SSSR count). The van der Waals surface area contributed by atoms with Crippen LogP contribution in [-0.2, 0) is 6.42 Å². The molecule has 0 aliphatic carbocycles. The highest BCUT2D eigenvalue weighted by Crippen LogP contribution is 2.14. The van der Waals surface area contributed by atoms with Crippen LogP contribution in [0.15, 0.2) is 30.4 Å². The van der Waals surface area contributed by atoms with Gasteiger partial charge in [0.25, 0.3) is 0 Å². The highest BCUT2D eigenvalue weighted by molar-refractivity contribution is 5.19. The predicted octanol–water partition coefficient (Wildman–Crippen LogP) is 3.22. The summed E-state index contributed by atoms with van der Waals surface area (Å²) < 4.78 is 25.7. The van der Waals surface area contributed by atoms with E-state index in [0.29, 0.717) is 12.0 Å². The van der Waals surface area contributed by atoms with Crippen molar-refractivity contribution < 1.29 is 13.9 Å². The SMILES string of the molecule is C=C(CC)CC(O)Cc1cc(F)cc(F)c1. The third-order valence-corrected chi connectivity index (χ3v) is 2.42. The molecule has 0 fully saturated rings. The molecule has 88 valence electrons. The van der Waals surface area contributed by atoms with E-state index >= 15 is 0 Å². The van der Waals surface area contributed by atoms with Gasteiger partial charge in [-0.2, -0.15) is 0 Å². The minimum Gasteiger partial charge on any atom is -0.392 e. The van der Waals surface area contributed by atoms with Gasteiger partial charge < -0.3 is 5.11 Å². The normalized spacial score (nSPS) is 12.5. The van der Waals surface area contributed by atoms with Crippen molar-refractivity contribution in [1.29, 1.82) is 0 Å². The maximum absolute atomic E-state index is 12.9. The van der Waals surface area contributed by atoms with Crippen molar-refractivity contribution in [2.45, 2.75) is 32.3 Å². The first-order chi connectivity index (χ1) is 7.51. The van der Waals surface area contributed by atoms with Crippen LogP contribution in [-0.4, -0.2) is 11.2 Å². The fourth-order valence-electron chi connectivity index (χ4n) is 1.55. The molecule has 0 spiro atoms. The lowest BCUT2D eigenvalue weighted by Gasteiger charge is -2.11. The van der Waals surface area contributed by atoms with Crippen LogP contribution in [0.2, 0.25) is 0 Å². The first-order valence-corrected chi connectivity index (χ1v) is 5.31. The molecule has 0 amide bonds. The van der Waals surface area contributed by atoms with Crippen molar-refractivity contribution in [1.82, 2.24) is 0 Å². The molecule has 1 unspecified atom stereocenters. The van der Waals surface area contributed by atoms with Crippen molar-refractivity contribution in [3.63, 3.8) is 0 Å². The number of hydrogen-bond acceptors (Lipinski definition) is 1. The Balaban J connectivity index is 2.62. The second-order valence-electron chi connectivity index (χ2n) is 3.94. The lowest BCUT2D eigenvalue weighted by atomic mass is 10.0. The third-order valence-electron chi connectivity index (χ3n) is 2.42. The molecule has 0 aliphatic heterocycles. The summed E-state index contributed by atoms with van der Waals surface area (Å²) in [4.78, 5) is 0. The number of halogens is 2. The van der Waals surface area contributed by atoms with E-state index in [2.05, 4.69) is 6.58 Å². The Morgan fingerprint density at radius 1 is 1.31 bits per heavy atom. The summed E-state index contributed by atoms with van der Waals surface area (Å²) >= 11 is 0. The molecule has 1 atom stereocenters. The largest absolute Gasteiger partial charge is 0.392 e. The van der Waals surface area contributed by atoms with E-state index in [4.69, 9.17) is 0 Å². The fourth-order valence-corrected chi connectivity index (χ4v) is 1.55. The fraction of sp³-hybridized carbons (Fsp3) is 0.385. The van der Waals surface area contributed by atoms with Gasteiger partial charge in [-0.25, -0.2) is 8.78 Å². The first kappa shape index (κ1) is 12.8. The van der Waals surface area contributed by atoms with Crippen molar-refractivity contribution in [2.24, 2.45) is 0 Å². The van der Waals surface area contributed by atoms with Crippen molar-refractivity contribution >= 4 is 0 Å². The standard InChI is InChI=1S/C13H16F2O/c1-3-9(2)4-13(16)7-10-5-11(14)8-12(15)6-10/h5-6,8,13,16H,2-4,7H2,1H3. The van der Waals surface area contributed by atoms with Gasteiger partial charge in [0.05, 0.1) is 6.10 Å². The Morgan fingerprint density at radius 2 is 1.88 bits per heavy atom. The van der Waals surface area contributed by atoms with Crippen LogP contribution >= 0.6 is 0 Å². The summed E-state index contributed by atoms with van der Waals surface area (Å²) in [6.07, 6.45) is 0.880. The molecule has 1 aromatic carbocycles. The molecule has 0 aliphatic rings. The molecule has 0 radical (unpaired) electrons. The maximum atomic E-state index is 12.9. The quantitative estimate of drug-likeness (QED) is 0.764. The monoisotopic (exact) mass is 226 g/mol. The van der Waals surface area contributed by atoms with Crippen LogP contribution in [0, 0.1) is 11.6 Å². The number of aliphatic hydroxyl groups excluding tert-OH is 1. The number of benzene rings is 1. The van der Waals surface area contributed by atoms with Crippen LogP contribution in [0.25, 0.3) is 0 Å². The Morgan fingerprint density at radius 3 is 2.38 bits per heavy atom. The average Bonchev–Trinajstić information content (AvgIpc) is 2.15. The molecule has 0 saturated heterocycles. The molecule has 1 nitrogen and oxygen atoms in total. The van der Waals surface area contributed by atoms with Gasteiger partial charge >= 0.3 is 0 Å². The molecular formula is C13H16F2O. The van der Waals surface area contributed by atoms with Crippen molar-refractivity contribution in [3.05, 3.63) is 47.5 Å². The molecule has 0 heterocycles. The molecule has 16 heavy (non-hydrogen) atoms. The van der Waals surface area contributed by atoms with Crippen LogP contribution in [0.3, 0.4) is 0 Å². The average molecular weight is 226 g/mol. The zero-order chi connectivity index (χ0) is 12.1. The van der Waals surface area contributed by atoms with Gasteiger partial charge in [0.1, 0.15) is 11.6 Å². The molecule has 3 heteroatoms. The third kappa shape index (κ3) is 4.11. The molecule has 1 N–H and O–H groups in total. The van der Waals surface area contributed by atoms with Gasteiger partial charge in [0.15, 0.2) is 0 Å². The predicted molar refractivity (Wildman–Crippen MR) is 60.1 cm³/mol. The van der Waals surface area contributed by atoms with E-state index in [0.717, 1.165) is 18.1 Å².